The van der Waals surface area contributed by atoms with E-state index in [-0.39, 0.29) is 255 Å². The molecule has 0 aromatic carbocycles. The summed E-state index contributed by atoms with van der Waals surface area (Å²) in [6.45, 7) is 0. The van der Waals surface area contributed by atoms with Gasteiger partial charge < -0.3 is 65.8 Å². The standard InChI is InChI=1S/5Ba.O12Si4.2H2O/c;;;;;1-13(2)9-14(3,4)11-16(7,8)12-15(5,6)10-13;;/h;;;;;;2*1H2/q5*+2;-8;;/p-2. The van der Waals surface area contributed by atoms with Crippen LogP contribution in [0.2, 0.25) is 0 Å². The molecule has 112 valence electrons. The summed E-state index contributed by atoms with van der Waals surface area (Å²) in [5.74, 6) is 0. The van der Waals surface area contributed by atoms with Gasteiger partial charge in [-0.15, -0.1) is 0 Å². The molecule has 1 rings (SSSR count). The van der Waals surface area contributed by atoms with Crippen LogP contribution in [0.3, 0.4) is 0 Å². The van der Waals surface area contributed by atoms with Crippen LogP contribution in [-0.2, 0) is 16.5 Å². The molecule has 14 nitrogen and oxygen atoms in total. The second kappa shape index (κ2) is 19.6. The normalized spacial score (nSPS) is 21.9. The Kier molecular flexibility index (Phi) is 41.4. The fourth-order valence-corrected chi connectivity index (χ4v) is 7.76. The van der Waals surface area contributed by atoms with Crippen molar-refractivity contribution in [2.45, 2.75) is 0 Å². The molecule has 0 aromatic heterocycles. The second-order valence-corrected chi connectivity index (χ2v) is 9.67. The molecule has 0 amide bonds. The quantitative estimate of drug-likeness (QED) is 0.204. The fraction of sp³-hybridized carbons (Fsp3) is 0. The molecule has 1 heterocycles. The molecule has 0 unspecified atom stereocenters. The van der Waals surface area contributed by atoms with Gasteiger partial charge in [0.15, 0.2) is 0 Å². The smallest absolute Gasteiger partial charge is 0.870 e. The van der Waals surface area contributed by atoms with Gasteiger partial charge in [0.2, 0.25) is 0 Å². The van der Waals surface area contributed by atoms with E-state index in [1.165, 1.54) is 0 Å². The average Bonchev–Trinajstić information content (AvgIpc) is 1.67. The Hall–Kier alpha value is 8.16. The third-order valence-electron chi connectivity index (χ3n) is 1.000. The van der Waals surface area contributed by atoms with Gasteiger partial charge in [-0.1, -0.05) is 0 Å². The summed E-state index contributed by atoms with van der Waals surface area (Å²) in [7, 11) is -24.6. The van der Waals surface area contributed by atoms with E-state index in [9.17, 15) is 38.4 Å². The van der Waals surface area contributed by atoms with Gasteiger partial charge in [-0.3, -0.25) is 0 Å². The topological polar surface area (TPSA) is 281 Å². The summed E-state index contributed by atoms with van der Waals surface area (Å²) in [6, 6.07) is 0. The molecule has 23 heteroatoms. The fourth-order valence-electron chi connectivity index (χ4n) is 0.696. The van der Waals surface area contributed by atoms with Gasteiger partial charge in [-0.25, -0.2) is 0 Å². The molecule has 1 fully saturated rings. The summed E-state index contributed by atoms with van der Waals surface area (Å²) < 4.78 is 12.6. The van der Waals surface area contributed by atoms with Crippen molar-refractivity contribution in [3.63, 3.8) is 0 Å². The van der Waals surface area contributed by atoms with Gasteiger partial charge >= 0.3 is 244 Å². The van der Waals surface area contributed by atoms with Gasteiger partial charge in [0.1, 0.15) is 36.2 Å². The SMILES string of the molecule is [Ba+2].[Ba+2].[Ba+2].[Ba+2].[Ba+2].[O-][Si]1([O-])O[Si]([O-])([O-])O[Si]([O-])([O-])O[Si]([O-])([O-])O1.[OH-].[OH-]. The predicted molar refractivity (Wildman–Crippen MR) is 60.0 cm³/mol. The molecule has 0 saturated carbocycles. The average molecular weight is 1020 g/mol. The number of rotatable bonds is 0. The van der Waals surface area contributed by atoms with Crippen LogP contribution < -0.4 is 38.4 Å². The molecule has 2 N–H and O–H groups in total. The van der Waals surface area contributed by atoms with Crippen molar-refractivity contribution in [2.75, 3.05) is 0 Å². The Bertz CT molecular complexity index is 212. The van der Waals surface area contributed by atoms with Crippen molar-refractivity contribution in [3.8, 4) is 0 Å². The van der Waals surface area contributed by atoms with Crippen LogP contribution >= 0.6 is 0 Å². The first-order chi connectivity index (χ1) is 6.83. The van der Waals surface area contributed by atoms with E-state index in [1.807, 2.05) is 0 Å². The molecule has 1 aliphatic rings. The predicted octanol–water partition coefficient (Wildman–Crippen LogP) is -13.6. The molecule has 23 heavy (non-hydrogen) atoms. The summed E-state index contributed by atoms with van der Waals surface area (Å²) in [5.41, 5.74) is 0. The number of hydrogen-bond donors (Lipinski definition) is 0. The van der Waals surface area contributed by atoms with Gasteiger partial charge in [0.05, 0.1) is 0 Å². The van der Waals surface area contributed by atoms with Crippen molar-refractivity contribution in [1.29, 1.82) is 0 Å². The summed E-state index contributed by atoms with van der Waals surface area (Å²) >= 11 is 0. The molecule has 0 aromatic rings. The van der Waals surface area contributed by atoms with Crippen molar-refractivity contribution in [1.82, 2.24) is 0 Å². The van der Waals surface area contributed by atoms with E-state index < -0.39 is 36.2 Å². The maximum absolute atomic E-state index is 10.6. The monoisotopic (exact) mass is 1030 g/mol. The van der Waals surface area contributed by atoms with E-state index >= 15 is 0 Å². The summed E-state index contributed by atoms with van der Waals surface area (Å²) in [4.78, 5) is 84.8. The van der Waals surface area contributed by atoms with Gasteiger partial charge in [0.25, 0.3) is 0 Å². The summed E-state index contributed by atoms with van der Waals surface area (Å²) in [6.07, 6.45) is 0. The Morgan fingerprint density at radius 3 is 0.522 bits per heavy atom. The van der Waals surface area contributed by atoms with Crippen molar-refractivity contribution >= 4 is 281 Å². The minimum Gasteiger partial charge on any atom is -0.870 e. The van der Waals surface area contributed by atoms with E-state index in [0.29, 0.717) is 0 Å². The molecule has 1 aliphatic heterocycles. The van der Waals surface area contributed by atoms with Crippen molar-refractivity contribution in [3.05, 3.63) is 0 Å². The largest absolute Gasteiger partial charge is 2.00 e. The first-order valence-corrected chi connectivity index (χ1v) is 9.80. The third kappa shape index (κ3) is 23.1. The molecule has 0 atom stereocenters. The minimum absolute atomic E-state index is 0. The molecule has 0 spiro atoms. The molecule has 0 bridgehead atoms. The van der Waals surface area contributed by atoms with Crippen LogP contribution in [0.15, 0.2) is 0 Å². The molecule has 0 radical (unpaired) electrons. The van der Waals surface area contributed by atoms with Gasteiger partial charge in [-0.05, 0) is 0 Å². The summed E-state index contributed by atoms with van der Waals surface area (Å²) in [5, 5.41) is 0. The van der Waals surface area contributed by atoms with Crippen molar-refractivity contribution < 1.29 is 65.8 Å². The minimum atomic E-state index is -6.14. The van der Waals surface area contributed by atoms with E-state index in [1.54, 1.807) is 0 Å². The van der Waals surface area contributed by atoms with Crippen LogP contribution in [0.1, 0.15) is 0 Å². The Balaban J connectivity index is -0.0000000731. The first-order valence-electron chi connectivity index (χ1n) is 3.27. The van der Waals surface area contributed by atoms with Crippen molar-refractivity contribution in [2.24, 2.45) is 0 Å². The Morgan fingerprint density at radius 2 is 0.435 bits per heavy atom. The zero-order valence-electron chi connectivity index (χ0n) is 11.3. The Morgan fingerprint density at radius 1 is 0.348 bits per heavy atom. The molecule has 1 saturated heterocycles. The van der Waals surface area contributed by atoms with E-state index in [2.05, 4.69) is 16.5 Å². The van der Waals surface area contributed by atoms with E-state index in [0.717, 1.165) is 0 Å². The molecular formula is H2Ba5O14Si4. The first kappa shape index (κ1) is 48.6. The van der Waals surface area contributed by atoms with Gasteiger partial charge in [-0.2, -0.15) is 0 Å². The van der Waals surface area contributed by atoms with Crippen LogP contribution in [0.4, 0.5) is 0 Å². The zero-order valence-corrected chi connectivity index (χ0v) is 37.5. The maximum atomic E-state index is 10.6. The third-order valence-corrected chi connectivity index (χ3v) is 9.00. The van der Waals surface area contributed by atoms with Crippen LogP contribution in [0.5, 0.6) is 0 Å². The van der Waals surface area contributed by atoms with E-state index in [4.69, 9.17) is 0 Å². The zero-order chi connectivity index (χ0) is 12.8. The van der Waals surface area contributed by atoms with Crippen LogP contribution in [-0.4, -0.2) is 292 Å². The van der Waals surface area contributed by atoms with Gasteiger partial charge in [0, 0.05) is 0 Å². The maximum Gasteiger partial charge on any atom is 2.00 e. The second-order valence-electron chi connectivity index (χ2n) is 2.41. The Labute approximate surface area is 336 Å². The molecular weight excluding hydrogens is 1020 g/mol. The van der Waals surface area contributed by atoms with Crippen LogP contribution in [0, 0.1) is 0 Å². The van der Waals surface area contributed by atoms with Crippen LogP contribution in [0.25, 0.3) is 0 Å². The molecule has 0 aliphatic carbocycles. The number of hydrogen-bond acceptors (Lipinski definition) is 14.